The van der Waals surface area contributed by atoms with Crippen LogP contribution in [0.15, 0.2) is 71.9 Å². The number of hydrogen-bond acceptors (Lipinski definition) is 6. The lowest BCUT2D eigenvalue weighted by atomic mass is 10.2. The Bertz CT molecular complexity index is 1170. The van der Waals surface area contributed by atoms with Gasteiger partial charge >= 0.3 is 0 Å². The van der Waals surface area contributed by atoms with E-state index < -0.39 is 22.5 Å². The Morgan fingerprint density at radius 3 is 2.48 bits per heavy atom. The van der Waals surface area contributed by atoms with Crippen LogP contribution in [0.1, 0.15) is 0 Å². The number of nitrogens with zero attached hydrogens (tertiary/aromatic N) is 2. The third kappa shape index (κ3) is 5.07. The van der Waals surface area contributed by atoms with Crippen molar-refractivity contribution >= 4 is 38.9 Å². The van der Waals surface area contributed by atoms with Gasteiger partial charge in [-0.2, -0.15) is 0 Å². The van der Waals surface area contributed by atoms with E-state index in [0.29, 0.717) is 5.75 Å². The van der Waals surface area contributed by atoms with Crippen LogP contribution in [0.25, 0.3) is 0 Å². The molecule has 0 unspecified atom stereocenters. The SMILES string of the molecule is COc1ccc(OC)c(N(CC(=O)Nc2cnccc2Cl)S(=O)(=O)c2ccccc2)c1. The molecule has 162 valence electrons. The topological polar surface area (TPSA) is 97.8 Å². The lowest BCUT2D eigenvalue weighted by Crippen LogP contribution is -2.38. The summed E-state index contributed by atoms with van der Waals surface area (Å²) in [6.07, 6.45) is 2.85. The summed E-state index contributed by atoms with van der Waals surface area (Å²) >= 11 is 6.07. The third-order valence-electron chi connectivity index (χ3n) is 4.32. The fourth-order valence-electron chi connectivity index (χ4n) is 2.80. The van der Waals surface area contributed by atoms with E-state index in [0.717, 1.165) is 4.31 Å². The fraction of sp³-hybridized carbons (Fsp3) is 0.143. The number of sulfonamides is 1. The first-order valence-electron chi connectivity index (χ1n) is 9.06. The zero-order valence-electron chi connectivity index (χ0n) is 16.8. The zero-order chi connectivity index (χ0) is 22.4. The highest BCUT2D eigenvalue weighted by Gasteiger charge is 2.30. The van der Waals surface area contributed by atoms with E-state index in [4.69, 9.17) is 21.1 Å². The predicted octanol–water partition coefficient (Wildman–Crippen LogP) is 3.59. The molecular formula is C21H20ClN3O5S. The maximum atomic E-state index is 13.5. The number of carbonyl (C=O) groups excluding carboxylic acids is 1. The van der Waals surface area contributed by atoms with Crippen LogP contribution in [0.4, 0.5) is 11.4 Å². The molecule has 0 aliphatic carbocycles. The first-order valence-corrected chi connectivity index (χ1v) is 10.9. The minimum Gasteiger partial charge on any atom is -0.497 e. The molecule has 0 aliphatic heterocycles. The minimum absolute atomic E-state index is 0.0204. The van der Waals surface area contributed by atoms with E-state index in [9.17, 15) is 13.2 Å². The van der Waals surface area contributed by atoms with Gasteiger partial charge in [0.1, 0.15) is 18.0 Å². The molecule has 0 saturated carbocycles. The summed E-state index contributed by atoms with van der Waals surface area (Å²) in [6, 6.07) is 14.0. The van der Waals surface area contributed by atoms with Crippen LogP contribution in [-0.4, -0.2) is 40.1 Å². The van der Waals surface area contributed by atoms with Gasteiger partial charge in [-0.3, -0.25) is 14.1 Å². The van der Waals surface area contributed by atoms with E-state index in [1.807, 2.05) is 0 Å². The monoisotopic (exact) mass is 461 g/mol. The molecule has 1 amide bonds. The second-order valence-corrected chi connectivity index (χ2v) is 8.54. The first-order chi connectivity index (χ1) is 14.9. The molecule has 2 aromatic carbocycles. The molecule has 0 aliphatic rings. The Kier molecular flexibility index (Phi) is 6.98. The second kappa shape index (κ2) is 9.67. The number of ether oxygens (including phenoxy) is 2. The molecule has 3 aromatic rings. The number of aromatic nitrogens is 1. The summed E-state index contributed by atoms with van der Waals surface area (Å²) in [4.78, 5) is 16.7. The highest BCUT2D eigenvalue weighted by molar-refractivity contribution is 7.92. The Labute approximate surface area is 185 Å². The molecule has 8 nitrogen and oxygen atoms in total. The van der Waals surface area contributed by atoms with E-state index >= 15 is 0 Å². The normalized spacial score (nSPS) is 10.9. The molecule has 0 atom stereocenters. The van der Waals surface area contributed by atoms with E-state index in [2.05, 4.69) is 10.3 Å². The van der Waals surface area contributed by atoms with Crippen LogP contribution in [0.5, 0.6) is 11.5 Å². The molecule has 1 heterocycles. The molecule has 0 saturated heterocycles. The molecule has 10 heteroatoms. The molecular weight excluding hydrogens is 442 g/mol. The second-order valence-electron chi connectivity index (χ2n) is 6.27. The van der Waals surface area contributed by atoms with Crippen LogP contribution < -0.4 is 19.1 Å². The maximum Gasteiger partial charge on any atom is 0.264 e. The van der Waals surface area contributed by atoms with Gasteiger partial charge in [-0.1, -0.05) is 29.8 Å². The van der Waals surface area contributed by atoms with Crippen molar-refractivity contribution < 1.29 is 22.7 Å². The summed E-state index contributed by atoms with van der Waals surface area (Å²) < 4.78 is 38.5. The van der Waals surface area contributed by atoms with Gasteiger partial charge in [-0.05, 0) is 30.3 Å². The standard InChI is InChI=1S/C21H20ClN3O5S/c1-29-15-8-9-20(30-2)19(12-15)25(31(27,28)16-6-4-3-5-7-16)14-21(26)24-18-13-23-11-10-17(18)22/h3-13H,14H2,1-2H3,(H,24,26). The van der Waals surface area contributed by atoms with Gasteiger partial charge in [-0.25, -0.2) is 8.42 Å². The molecule has 0 bridgehead atoms. The van der Waals surface area contributed by atoms with Gasteiger partial charge in [-0.15, -0.1) is 0 Å². The van der Waals surface area contributed by atoms with Crippen molar-refractivity contribution in [3.05, 3.63) is 72.0 Å². The van der Waals surface area contributed by atoms with Crippen LogP contribution in [-0.2, 0) is 14.8 Å². The predicted molar refractivity (Wildman–Crippen MR) is 118 cm³/mol. The van der Waals surface area contributed by atoms with Gasteiger partial charge in [0, 0.05) is 12.3 Å². The summed E-state index contributed by atoms with van der Waals surface area (Å²) in [5, 5.41) is 2.87. The molecule has 0 spiro atoms. The Balaban J connectivity index is 2.05. The zero-order valence-corrected chi connectivity index (χ0v) is 18.4. The minimum atomic E-state index is -4.12. The molecule has 31 heavy (non-hydrogen) atoms. The van der Waals surface area contributed by atoms with Crippen molar-refractivity contribution in [3.8, 4) is 11.5 Å². The Hall–Kier alpha value is -3.30. The number of pyridine rings is 1. The van der Waals surface area contributed by atoms with E-state index in [1.54, 1.807) is 30.3 Å². The third-order valence-corrected chi connectivity index (χ3v) is 6.42. The van der Waals surface area contributed by atoms with Crippen molar-refractivity contribution in [2.75, 3.05) is 30.4 Å². The Morgan fingerprint density at radius 1 is 1.10 bits per heavy atom. The molecule has 3 rings (SSSR count). The number of rotatable bonds is 8. The summed E-state index contributed by atoms with van der Waals surface area (Å²) in [6.45, 7) is -0.536. The van der Waals surface area contributed by atoms with Gasteiger partial charge in [0.25, 0.3) is 10.0 Å². The molecule has 1 N–H and O–H groups in total. The van der Waals surface area contributed by atoms with E-state index in [1.165, 1.54) is 50.9 Å². The van der Waals surface area contributed by atoms with Gasteiger partial charge in [0.05, 0.1) is 41.7 Å². The number of hydrogen-bond donors (Lipinski definition) is 1. The van der Waals surface area contributed by atoms with Crippen LogP contribution in [0.3, 0.4) is 0 Å². The summed E-state index contributed by atoms with van der Waals surface area (Å²) in [5.41, 5.74) is 0.418. The number of nitrogens with one attached hydrogen (secondary N) is 1. The lowest BCUT2D eigenvalue weighted by Gasteiger charge is -2.26. The average molecular weight is 462 g/mol. The number of halogens is 1. The van der Waals surface area contributed by atoms with Crippen molar-refractivity contribution in [1.29, 1.82) is 0 Å². The Morgan fingerprint density at radius 2 is 1.84 bits per heavy atom. The number of benzene rings is 2. The number of carbonyl (C=O) groups is 1. The summed E-state index contributed by atoms with van der Waals surface area (Å²) in [5.74, 6) is 0.0477. The highest BCUT2D eigenvalue weighted by Crippen LogP contribution is 2.35. The van der Waals surface area contributed by atoms with Crippen LogP contribution in [0, 0.1) is 0 Å². The number of amides is 1. The van der Waals surface area contributed by atoms with Gasteiger partial charge in [0.2, 0.25) is 5.91 Å². The highest BCUT2D eigenvalue weighted by atomic mass is 35.5. The van der Waals surface area contributed by atoms with Crippen molar-refractivity contribution in [2.24, 2.45) is 0 Å². The first kappa shape index (κ1) is 22.4. The number of anilines is 2. The molecule has 0 radical (unpaired) electrons. The van der Waals surface area contributed by atoms with Crippen LogP contribution >= 0.6 is 11.6 Å². The van der Waals surface area contributed by atoms with E-state index in [-0.39, 0.29) is 27.0 Å². The average Bonchev–Trinajstić information content (AvgIpc) is 2.79. The molecule has 0 fully saturated rings. The summed E-state index contributed by atoms with van der Waals surface area (Å²) in [7, 11) is -1.25. The van der Waals surface area contributed by atoms with Gasteiger partial charge < -0.3 is 14.8 Å². The smallest absolute Gasteiger partial charge is 0.264 e. The largest absolute Gasteiger partial charge is 0.497 e. The fourth-order valence-corrected chi connectivity index (χ4v) is 4.40. The maximum absolute atomic E-state index is 13.5. The quantitative estimate of drug-likeness (QED) is 0.550. The molecule has 1 aromatic heterocycles. The van der Waals surface area contributed by atoms with Crippen molar-refractivity contribution in [1.82, 2.24) is 4.98 Å². The van der Waals surface area contributed by atoms with Crippen molar-refractivity contribution in [3.63, 3.8) is 0 Å². The van der Waals surface area contributed by atoms with Crippen LogP contribution in [0.2, 0.25) is 5.02 Å². The number of methoxy groups -OCH3 is 2. The lowest BCUT2D eigenvalue weighted by molar-refractivity contribution is -0.114. The van der Waals surface area contributed by atoms with Crippen molar-refractivity contribution in [2.45, 2.75) is 4.90 Å². The van der Waals surface area contributed by atoms with Gasteiger partial charge in [0.15, 0.2) is 0 Å².